The second-order valence-electron chi connectivity index (χ2n) is 11.4. The van der Waals surface area contributed by atoms with Gasteiger partial charge in [0.1, 0.15) is 0 Å². The molecule has 0 heterocycles. The molecule has 5 nitrogen and oxygen atoms in total. The van der Waals surface area contributed by atoms with Crippen molar-refractivity contribution in [3.63, 3.8) is 0 Å². The Morgan fingerprint density at radius 3 is 2.45 bits per heavy atom. The lowest BCUT2D eigenvalue weighted by Gasteiger charge is -2.63. The molecule has 0 aromatic carbocycles. The van der Waals surface area contributed by atoms with Crippen LogP contribution in [0.1, 0.15) is 78.6 Å². The lowest BCUT2D eigenvalue weighted by Crippen LogP contribution is -2.62. The molecule has 0 aromatic heterocycles. The number of fused-ring (bicyclic) bond motifs is 5. The number of aliphatic carboxylic acids is 1. The zero-order valence-corrected chi connectivity index (χ0v) is 18.3. The van der Waals surface area contributed by atoms with E-state index in [-0.39, 0.29) is 41.3 Å². The van der Waals surface area contributed by atoms with Crippen LogP contribution in [0.25, 0.3) is 0 Å². The molecule has 4 saturated carbocycles. The second kappa shape index (κ2) is 7.49. The van der Waals surface area contributed by atoms with Gasteiger partial charge >= 0.3 is 5.97 Å². The Morgan fingerprint density at radius 1 is 1.03 bits per heavy atom. The van der Waals surface area contributed by atoms with E-state index in [0.29, 0.717) is 30.1 Å². The Balaban J connectivity index is 1.61. The highest BCUT2D eigenvalue weighted by atomic mass is 16.4. The Labute approximate surface area is 174 Å². The maximum Gasteiger partial charge on any atom is 0.303 e. The molecule has 166 valence electrons. The molecule has 4 fully saturated rings. The molecule has 4 aliphatic carbocycles. The number of hydrogen-bond donors (Lipinski definition) is 4. The van der Waals surface area contributed by atoms with Crippen LogP contribution in [0.2, 0.25) is 0 Å². The quantitative estimate of drug-likeness (QED) is 0.571. The average Bonchev–Trinajstić information content (AvgIpc) is 3.01. The van der Waals surface area contributed by atoms with Gasteiger partial charge in [0, 0.05) is 6.42 Å². The SMILES string of the molecule is C[C@@H](CCC(=O)O)[C@@H]1CC[C@@H]2[C@H]3[C@H](O)C[C@@H]4C[C@H](O)CC[C@]4(C)[C@H]3C[C@H](O)[C@@]21C. The lowest BCUT2D eigenvalue weighted by atomic mass is 9.43. The largest absolute Gasteiger partial charge is 0.481 e. The summed E-state index contributed by atoms with van der Waals surface area (Å²) in [5.41, 5.74) is -0.143. The van der Waals surface area contributed by atoms with Crippen molar-refractivity contribution >= 4 is 5.97 Å². The average molecular weight is 409 g/mol. The van der Waals surface area contributed by atoms with Crippen molar-refractivity contribution < 1.29 is 25.2 Å². The summed E-state index contributed by atoms with van der Waals surface area (Å²) in [4.78, 5) is 11.1. The van der Waals surface area contributed by atoms with E-state index in [9.17, 15) is 20.1 Å². The van der Waals surface area contributed by atoms with E-state index in [1.165, 1.54) is 0 Å². The monoisotopic (exact) mass is 408 g/mol. The van der Waals surface area contributed by atoms with Crippen LogP contribution in [0.4, 0.5) is 0 Å². The number of rotatable bonds is 4. The first-order valence-electron chi connectivity index (χ1n) is 11.8. The maximum atomic E-state index is 11.5. The van der Waals surface area contributed by atoms with Gasteiger partial charge in [-0.05, 0) is 97.7 Å². The summed E-state index contributed by atoms with van der Waals surface area (Å²) in [6, 6.07) is 0. The molecule has 0 saturated heterocycles. The third kappa shape index (κ3) is 3.27. The first-order valence-corrected chi connectivity index (χ1v) is 11.8. The van der Waals surface area contributed by atoms with Crippen molar-refractivity contribution in [3.05, 3.63) is 0 Å². The molecule has 29 heavy (non-hydrogen) atoms. The fraction of sp³-hybridized carbons (Fsp3) is 0.958. The number of carboxylic acid groups (broad SMARTS) is 1. The molecule has 0 spiro atoms. The Bertz CT molecular complexity index is 637. The van der Waals surface area contributed by atoms with Crippen LogP contribution in [-0.4, -0.2) is 44.7 Å². The minimum absolute atomic E-state index is 0.0957. The Hall–Kier alpha value is -0.650. The van der Waals surface area contributed by atoms with Crippen LogP contribution in [0.5, 0.6) is 0 Å². The minimum atomic E-state index is -0.748. The zero-order valence-electron chi connectivity index (χ0n) is 18.3. The standard InChI is InChI=1S/C24H40O5/c1-13(4-7-21(28)29)16-5-6-17-22-18(12-20(27)24(16,17)3)23(2)9-8-15(25)10-14(23)11-19(22)26/h13-20,22,25-27H,4-12H2,1-3H3,(H,28,29)/t13-,14-,15+,16-,17+,18-,19+,20-,22+,23-,24+/m0/s1. The van der Waals surface area contributed by atoms with Gasteiger partial charge < -0.3 is 20.4 Å². The fourth-order valence-corrected chi connectivity index (χ4v) is 8.68. The van der Waals surface area contributed by atoms with E-state index in [1.807, 2.05) is 0 Å². The predicted octanol–water partition coefficient (Wildman–Crippen LogP) is 3.45. The summed E-state index contributed by atoms with van der Waals surface area (Å²) >= 11 is 0. The van der Waals surface area contributed by atoms with Gasteiger partial charge in [-0.2, -0.15) is 0 Å². The minimum Gasteiger partial charge on any atom is -0.481 e. The predicted molar refractivity (Wildman–Crippen MR) is 110 cm³/mol. The first kappa shape index (κ1) is 21.6. The highest BCUT2D eigenvalue weighted by molar-refractivity contribution is 5.66. The summed E-state index contributed by atoms with van der Waals surface area (Å²) in [7, 11) is 0. The highest BCUT2D eigenvalue weighted by Crippen LogP contribution is 2.68. The Morgan fingerprint density at radius 2 is 1.76 bits per heavy atom. The third-order valence-corrected chi connectivity index (χ3v) is 10.3. The van der Waals surface area contributed by atoms with Gasteiger partial charge in [-0.1, -0.05) is 20.8 Å². The molecule has 0 amide bonds. The van der Waals surface area contributed by atoms with E-state index in [0.717, 1.165) is 44.9 Å². The van der Waals surface area contributed by atoms with Crippen molar-refractivity contribution in [2.75, 3.05) is 0 Å². The topological polar surface area (TPSA) is 98.0 Å². The van der Waals surface area contributed by atoms with Gasteiger partial charge in [0.2, 0.25) is 0 Å². The van der Waals surface area contributed by atoms with Crippen molar-refractivity contribution in [2.24, 2.45) is 46.3 Å². The van der Waals surface area contributed by atoms with Crippen molar-refractivity contribution in [1.29, 1.82) is 0 Å². The van der Waals surface area contributed by atoms with Crippen LogP contribution >= 0.6 is 0 Å². The Kier molecular flexibility index (Phi) is 5.57. The number of carbonyl (C=O) groups is 1. The van der Waals surface area contributed by atoms with Crippen LogP contribution in [-0.2, 0) is 4.79 Å². The lowest BCUT2D eigenvalue weighted by molar-refractivity contribution is -0.207. The smallest absolute Gasteiger partial charge is 0.303 e. The maximum absolute atomic E-state index is 11.5. The third-order valence-electron chi connectivity index (χ3n) is 10.3. The second-order valence-corrected chi connectivity index (χ2v) is 11.4. The van der Waals surface area contributed by atoms with E-state index < -0.39 is 12.1 Å². The summed E-state index contributed by atoms with van der Waals surface area (Å²) in [5, 5.41) is 42.0. The van der Waals surface area contributed by atoms with Crippen LogP contribution in [0.3, 0.4) is 0 Å². The summed E-state index contributed by atoms with van der Waals surface area (Å²) < 4.78 is 0. The zero-order chi connectivity index (χ0) is 21.1. The summed E-state index contributed by atoms with van der Waals surface area (Å²) in [6.45, 7) is 6.72. The van der Waals surface area contributed by atoms with Crippen LogP contribution in [0, 0.1) is 46.3 Å². The molecule has 0 unspecified atom stereocenters. The van der Waals surface area contributed by atoms with Crippen molar-refractivity contribution in [3.8, 4) is 0 Å². The number of aliphatic hydroxyl groups is 3. The van der Waals surface area contributed by atoms with Crippen molar-refractivity contribution in [1.82, 2.24) is 0 Å². The van der Waals surface area contributed by atoms with Gasteiger partial charge in [0.15, 0.2) is 0 Å². The van der Waals surface area contributed by atoms with Gasteiger partial charge in [0.25, 0.3) is 0 Å². The molecular formula is C24H40O5. The first-order chi connectivity index (χ1) is 13.6. The molecule has 0 aliphatic heterocycles. The van der Waals surface area contributed by atoms with Gasteiger partial charge in [0.05, 0.1) is 18.3 Å². The van der Waals surface area contributed by atoms with Crippen LogP contribution < -0.4 is 0 Å². The molecule has 4 N–H and O–H groups in total. The molecule has 0 aromatic rings. The normalized spacial score (nSPS) is 52.9. The van der Waals surface area contributed by atoms with E-state index in [1.54, 1.807) is 0 Å². The molecular weight excluding hydrogens is 368 g/mol. The molecule has 11 atom stereocenters. The molecule has 4 rings (SSSR count). The van der Waals surface area contributed by atoms with Gasteiger partial charge in [-0.3, -0.25) is 4.79 Å². The van der Waals surface area contributed by atoms with E-state index in [2.05, 4.69) is 20.8 Å². The highest BCUT2D eigenvalue weighted by Gasteiger charge is 2.65. The number of carboxylic acids is 1. The molecule has 4 aliphatic rings. The van der Waals surface area contributed by atoms with E-state index >= 15 is 0 Å². The summed E-state index contributed by atoms with van der Waals surface area (Å²) in [5.74, 6) is 0.997. The van der Waals surface area contributed by atoms with Gasteiger partial charge in [-0.15, -0.1) is 0 Å². The van der Waals surface area contributed by atoms with Gasteiger partial charge in [-0.25, -0.2) is 0 Å². The number of hydrogen-bond acceptors (Lipinski definition) is 4. The fourth-order valence-electron chi connectivity index (χ4n) is 8.68. The van der Waals surface area contributed by atoms with Crippen LogP contribution in [0.15, 0.2) is 0 Å². The molecule has 0 bridgehead atoms. The summed E-state index contributed by atoms with van der Waals surface area (Å²) in [6.07, 6.45) is 6.00. The molecule has 5 heteroatoms. The van der Waals surface area contributed by atoms with Crippen molar-refractivity contribution in [2.45, 2.75) is 96.9 Å². The number of aliphatic hydroxyl groups excluding tert-OH is 3. The molecule has 0 radical (unpaired) electrons. The van der Waals surface area contributed by atoms with E-state index in [4.69, 9.17) is 5.11 Å².